The maximum Gasteiger partial charge on any atom is 0.243 e. The van der Waals surface area contributed by atoms with Crippen molar-refractivity contribution in [1.82, 2.24) is 10.0 Å². The highest BCUT2D eigenvalue weighted by atomic mass is 35.5. The van der Waals surface area contributed by atoms with Crippen LogP contribution in [0.2, 0.25) is 5.02 Å². The van der Waals surface area contributed by atoms with Gasteiger partial charge in [-0.05, 0) is 31.0 Å². The van der Waals surface area contributed by atoms with E-state index in [2.05, 4.69) is 10.0 Å². The van der Waals surface area contributed by atoms with Gasteiger partial charge in [-0.1, -0.05) is 31.4 Å². The lowest BCUT2D eigenvalue weighted by atomic mass is 10.2. The van der Waals surface area contributed by atoms with Crippen LogP contribution in [0.5, 0.6) is 0 Å². The van der Waals surface area contributed by atoms with Gasteiger partial charge in [-0.3, -0.25) is 0 Å². The van der Waals surface area contributed by atoms with Crippen molar-refractivity contribution in [3.63, 3.8) is 0 Å². The standard InChI is InChI=1S/C14H20ClFN2O2S/c1-2-17-9-11-7-12(15)8-13(14(11)16)21(19,20)18-6-5-10-3-4-10/h7-8,10,17-18H,2-6,9H2,1H3. The fourth-order valence-corrected chi connectivity index (χ4v) is 3.58. The molecule has 1 aliphatic carbocycles. The monoisotopic (exact) mass is 334 g/mol. The molecule has 0 aliphatic heterocycles. The van der Waals surface area contributed by atoms with Crippen LogP contribution in [0.4, 0.5) is 4.39 Å². The SMILES string of the molecule is CCNCc1cc(Cl)cc(S(=O)(=O)NCCC2CC2)c1F. The number of halogens is 2. The molecule has 2 N–H and O–H groups in total. The lowest BCUT2D eigenvalue weighted by Crippen LogP contribution is -2.26. The Morgan fingerprint density at radius 3 is 2.71 bits per heavy atom. The minimum absolute atomic E-state index is 0.215. The number of hydrogen-bond donors (Lipinski definition) is 2. The van der Waals surface area contributed by atoms with Crippen molar-refractivity contribution in [2.24, 2.45) is 5.92 Å². The van der Waals surface area contributed by atoms with Gasteiger partial charge in [0.2, 0.25) is 10.0 Å². The number of nitrogens with one attached hydrogen (secondary N) is 2. The predicted molar refractivity (Wildman–Crippen MR) is 81.3 cm³/mol. The zero-order chi connectivity index (χ0) is 15.5. The van der Waals surface area contributed by atoms with E-state index in [9.17, 15) is 12.8 Å². The summed E-state index contributed by atoms with van der Waals surface area (Å²) in [5.74, 6) is -0.125. The molecule has 4 nitrogen and oxygen atoms in total. The average molecular weight is 335 g/mol. The van der Waals surface area contributed by atoms with E-state index < -0.39 is 15.8 Å². The molecule has 0 aromatic heterocycles. The van der Waals surface area contributed by atoms with E-state index in [4.69, 9.17) is 11.6 Å². The number of benzene rings is 1. The number of hydrogen-bond acceptors (Lipinski definition) is 3. The first kappa shape index (κ1) is 16.7. The van der Waals surface area contributed by atoms with Gasteiger partial charge in [-0.15, -0.1) is 0 Å². The molecule has 0 heterocycles. The second kappa shape index (κ2) is 7.05. The van der Waals surface area contributed by atoms with E-state index in [0.717, 1.165) is 25.3 Å². The molecule has 0 spiro atoms. The Labute approximate surface area is 130 Å². The first-order valence-electron chi connectivity index (χ1n) is 7.12. The van der Waals surface area contributed by atoms with Crippen LogP contribution >= 0.6 is 11.6 Å². The number of sulfonamides is 1. The van der Waals surface area contributed by atoms with Gasteiger partial charge in [-0.25, -0.2) is 17.5 Å². The van der Waals surface area contributed by atoms with Crippen LogP contribution in [0.3, 0.4) is 0 Å². The summed E-state index contributed by atoms with van der Waals surface area (Å²) < 4.78 is 41.2. The largest absolute Gasteiger partial charge is 0.313 e. The van der Waals surface area contributed by atoms with E-state index >= 15 is 0 Å². The predicted octanol–water partition coefficient (Wildman–Crippen LogP) is 2.67. The second-order valence-corrected chi connectivity index (χ2v) is 7.46. The highest BCUT2D eigenvalue weighted by Gasteiger charge is 2.25. The van der Waals surface area contributed by atoms with Crippen LogP contribution in [0, 0.1) is 11.7 Å². The van der Waals surface area contributed by atoms with Crippen molar-refractivity contribution in [1.29, 1.82) is 0 Å². The van der Waals surface area contributed by atoms with Crippen LogP contribution in [0.1, 0.15) is 31.7 Å². The Kier molecular flexibility index (Phi) is 5.60. The molecular formula is C14H20ClFN2O2S. The summed E-state index contributed by atoms with van der Waals surface area (Å²) in [5.41, 5.74) is 0.256. The smallest absolute Gasteiger partial charge is 0.243 e. The zero-order valence-electron chi connectivity index (χ0n) is 12.0. The average Bonchev–Trinajstić information content (AvgIpc) is 3.23. The molecular weight excluding hydrogens is 315 g/mol. The third-order valence-corrected chi connectivity index (χ3v) is 5.15. The molecule has 1 aromatic rings. The van der Waals surface area contributed by atoms with Crippen molar-refractivity contribution in [2.75, 3.05) is 13.1 Å². The van der Waals surface area contributed by atoms with E-state index in [1.54, 1.807) is 0 Å². The highest BCUT2D eigenvalue weighted by molar-refractivity contribution is 7.89. The van der Waals surface area contributed by atoms with Crippen molar-refractivity contribution >= 4 is 21.6 Å². The highest BCUT2D eigenvalue weighted by Crippen LogP contribution is 2.32. The van der Waals surface area contributed by atoms with Gasteiger partial charge in [-0.2, -0.15) is 0 Å². The summed E-state index contributed by atoms with van der Waals surface area (Å²) in [6.07, 6.45) is 3.10. The van der Waals surface area contributed by atoms with Gasteiger partial charge in [0.25, 0.3) is 0 Å². The Balaban J connectivity index is 2.17. The van der Waals surface area contributed by atoms with E-state index in [1.165, 1.54) is 6.07 Å². The summed E-state index contributed by atoms with van der Waals surface area (Å²) >= 11 is 5.91. The Hall–Kier alpha value is -0.690. The van der Waals surface area contributed by atoms with E-state index in [-0.39, 0.29) is 22.0 Å². The molecule has 0 unspecified atom stereocenters. The fourth-order valence-electron chi connectivity index (χ4n) is 2.08. The van der Waals surface area contributed by atoms with Crippen molar-refractivity contribution in [3.8, 4) is 0 Å². The van der Waals surface area contributed by atoms with Crippen LogP contribution in [-0.4, -0.2) is 21.5 Å². The maximum atomic E-state index is 14.4. The van der Waals surface area contributed by atoms with Gasteiger partial charge in [0.05, 0.1) is 0 Å². The minimum atomic E-state index is -3.87. The van der Waals surface area contributed by atoms with Crippen molar-refractivity contribution < 1.29 is 12.8 Å². The normalized spacial score (nSPS) is 15.4. The molecule has 7 heteroatoms. The molecule has 21 heavy (non-hydrogen) atoms. The zero-order valence-corrected chi connectivity index (χ0v) is 13.5. The lowest BCUT2D eigenvalue weighted by molar-refractivity contribution is 0.541. The molecule has 1 fully saturated rings. The molecule has 118 valence electrons. The third-order valence-electron chi connectivity index (χ3n) is 3.48. The fraction of sp³-hybridized carbons (Fsp3) is 0.571. The number of rotatable bonds is 8. The van der Waals surface area contributed by atoms with Gasteiger partial charge in [0.15, 0.2) is 0 Å². The molecule has 1 aromatic carbocycles. The first-order chi connectivity index (χ1) is 9.94. The topological polar surface area (TPSA) is 58.2 Å². The van der Waals surface area contributed by atoms with Gasteiger partial charge < -0.3 is 5.32 Å². The van der Waals surface area contributed by atoms with Crippen LogP contribution < -0.4 is 10.0 Å². The maximum absolute atomic E-state index is 14.4. The summed E-state index contributed by atoms with van der Waals surface area (Å²) in [7, 11) is -3.87. The van der Waals surface area contributed by atoms with Gasteiger partial charge in [0.1, 0.15) is 10.7 Å². The summed E-state index contributed by atoms with van der Waals surface area (Å²) in [6.45, 7) is 3.13. The van der Waals surface area contributed by atoms with E-state index in [1.807, 2.05) is 6.92 Å². The summed E-state index contributed by atoms with van der Waals surface area (Å²) in [5, 5.41) is 3.18. The molecule has 2 rings (SSSR count). The third kappa shape index (κ3) is 4.64. The van der Waals surface area contributed by atoms with Crippen LogP contribution in [-0.2, 0) is 16.6 Å². The summed E-state index contributed by atoms with van der Waals surface area (Å²) in [6, 6.07) is 2.61. The molecule has 1 saturated carbocycles. The Morgan fingerprint density at radius 2 is 2.10 bits per heavy atom. The molecule has 0 bridgehead atoms. The second-order valence-electron chi connectivity index (χ2n) is 5.29. The molecule has 0 saturated heterocycles. The van der Waals surface area contributed by atoms with Gasteiger partial charge >= 0.3 is 0 Å². The van der Waals surface area contributed by atoms with Gasteiger partial charge in [0, 0.05) is 23.7 Å². The molecule has 0 atom stereocenters. The molecule has 0 radical (unpaired) electrons. The van der Waals surface area contributed by atoms with Crippen molar-refractivity contribution in [3.05, 3.63) is 28.5 Å². The van der Waals surface area contributed by atoms with Crippen LogP contribution in [0.15, 0.2) is 17.0 Å². The minimum Gasteiger partial charge on any atom is -0.313 e. The quantitative estimate of drug-likeness (QED) is 0.768. The van der Waals surface area contributed by atoms with Crippen molar-refractivity contribution in [2.45, 2.75) is 37.6 Å². The lowest BCUT2D eigenvalue weighted by Gasteiger charge is -2.11. The van der Waals surface area contributed by atoms with Crippen LogP contribution in [0.25, 0.3) is 0 Å². The Morgan fingerprint density at radius 1 is 1.38 bits per heavy atom. The summed E-state index contributed by atoms with van der Waals surface area (Å²) in [4.78, 5) is -0.376. The molecule has 1 aliphatic rings. The first-order valence-corrected chi connectivity index (χ1v) is 8.98. The van der Waals surface area contributed by atoms with E-state index in [0.29, 0.717) is 19.0 Å². The molecule has 0 amide bonds. The Bertz CT molecular complexity index is 603.